The second-order valence-corrected chi connectivity index (χ2v) is 3.77. The van der Waals surface area contributed by atoms with Crippen LogP contribution in [0.15, 0.2) is 12.3 Å². The molecule has 2 rings (SSSR count). The molecule has 0 unspecified atom stereocenters. The molecule has 0 spiro atoms. The van der Waals surface area contributed by atoms with Crippen molar-refractivity contribution in [3.05, 3.63) is 29.3 Å². The third-order valence-electron chi connectivity index (χ3n) is 2.41. The zero-order chi connectivity index (χ0) is 11.0. The Bertz CT molecular complexity index is 460. The molecule has 0 fully saturated rings. The number of hydrogen-bond acceptors (Lipinski definition) is 3. The van der Waals surface area contributed by atoms with Crippen LogP contribution in [0.25, 0.3) is 0 Å². The van der Waals surface area contributed by atoms with Crippen molar-refractivity contribution in [2.24, 2.45) is 7.05 Å². The summed E-state index contributed by atoms with van der Waals surface area (Å²) in [5, 5.41) is 8.59. The van der Waals surface area contributed by atoms with Crippen molar-refractivity contribution < 1.29 is 0 Å². The van der Waals surface area contributed by atoms with Gasteiger partial charge in [0.05, 0.1) is 29.3 Å². The smallest absolute Gasteiger partial charge is 0.0829 e. The van der Waals surface area contributed by atoms with E-state index >= 15 is 0 Å². The number of nitrogens with zero attached hydrogens (tertiary/aromatic N) is 4. The van der Waals surface area contributed by atoms with Crippen molar-refractivity contribution in [2.75, 3.05) is 5.73 Å². The molecule has 2 N–H and O–H groups in total. The Morgan fingerprint density at radius 3 is 2.53 bits per heavy atom. The molecule has 0 aliphatic rings. The largest absolute Gasteiger partial charge is 0.396 e. The average molecular weight is 205 g/mol. The number of anilines is 1. The Kier molecular flexibility index (Phi) is 2.22. The Hall–Kier alpha value is -1.78. The van der Waals surface area contributed by atoms with E-state index in [1.165, 1.54) is 0 Å². The van der Waals surface area contributed by atoms with Gasteiger partial charge in [-0.1, -0.05) is 0 Å². The van der Waals surface area contributed by atoms with E-state index in [2.05, 4.69) is 10.2 Å². The van der Waals surface area contributed by atoms with E-state index < -0.39 is 0 Å². The van der Waals surface area contributed by atoms with Gasteiger partial charge in [-0.2, -0.15) is 10.2 Å². The van der Waals surface area contributed by atoms with Gasteiger partial charge in [0.1, 0.15) is 0 Å². The molecular formula is C10H15N5. The standard InChI is InChI=1S/C10H15N5/c1-7-4-9(14(3)12-7)5-15-6-10(11)8(2)13-15/h4,6H,5,11H2,1-3H3. The van der Waals surface area contributed by atoms with Gasteiger partial charge < -0.3 is 5.73 Å². The molecule has 15 heavy (non-hydrogen) atoms. The van der Waals surface area contributed by atoms with Crippen LogP contribution in [0.2, 0.25) is 0 Å². The highest BCUT2D eigenvalue weighted by molar-refractivity contribution is 5.39. The summed E-state index contributed by atoms with van der Waals surface area (Å²) in [6.07, 6.45) is 1.84. The molecule has 0 saturated carbocycles. The summed E-state index contributed by atoms with van der Waals surface area (Å²) in [5.74, 6) is 0. The molecule has 80 valence electrons. The van der Waals surface area contributed by atoms with E-state index in [1.807, 2.05) is 42.5 Å². The van der Waals surface area contributed by atoms with Crippen LogP contribution in [-0.2, 0) is 13.6 Å². The predicted molar refractivity (Wildman–Crippen MR) is 58.4 cm³/mol. The molecule has 0 bridgehead atoms. The fourth-order valence-corrected chi connectivity index (χ4v) is 1.59. The average Bonchev–Trinajstić information content (AvgIpc) is 2.59. The minimum absolute atomic E-state index is 0.704. The first-order chi connectivity index (χ1) is 7.06. The van der Waals surface area contributed by atoms with Gasteiger partial charge in [-0.15, -0.1) is 0 Å². The summed E-state index contributed by atoms with van der Waals surface area (Å²) >= 11 is 0. The summed E-state index contributed by atoms with van der Waals surface area (Å²) in [5.41, 5.74) is 9.47. The molecule has 0 atom stereocenters. The van der Waals surface area contributed by atoms with Crippen molar-refractivity contribution in [2.45, 2.75) is 20.4 Å². The molecule has 2 heterocycles. The lowest BCUT2D eigenvalue weighted by atomic mass is 10.4. The van der Waals surface area contributed by atoms with Gasteiger partial charge in [0.2, 0.25) is 0 Å². The van der Waals surface area contributed by atoms with E-state index in [1.54, 1.807) is 0 Å². The first-order valence-corrected chi connectivity index (χ1v) is 4.85. The molecule has 0 saturated heterocycles. The lowest BCUT2D eigenvalue weighted by Gasteiger charge is -2.01. The molecular weight excluding hydrogens is 190 g/mol. The highest BCUT2D eigenvalue weighted by Crippen LogP contribution is 2.09. The quantitative estimate of drug-likeness (QED) is 0.791. The monoisotopic (exact) mass is 205 g/mol. The maximum absolute atomic E-state index is 5.73. The molecule has 2 aromatic heterocycles. The fourth-order valence-electron chi connectivity index (χ4n) is 1.59. The van der Waals surface area contributed by atoms with Crippen LogP contribution in [0.4, 0.5) is 5.69 Å². The Balaban J connectivity index is 2.25. The summed E-state index contributed by atoms with van der Waals surface area (Å²) in [4.78, 5) is 0. The summed E-state index contributed by atoms with van der Waals surface area (Å²) in [7, 11) is 1.93. The van der Waals surface area contributed by atoms with Gasteiger partial charge in [0.25, 0.3) is 0 Å². The third kappa shape index (κ3) is 1.86. The zero-order valence-corrected chi connectivity index (χ0v) is 9.23. The van der Waals surface area contributed by atoms with E-state index in [4.69, 9.17) is 5.73 Å². The molecule has 0 aromatic carbocycles. The van der Waals surface area contributed by atoms with Crippen LogP contribution < -0.4 is 5.73 Å². The number of hydrogen-bond donors (Lipinski definition) is 1. The van der Waals surface area contributed by atoms with Gasteiger partial charge in [0.15, 0.2) is 0 Å². The maximum atomic E-state index is 5.73. The maximum Gasteiger partial charge on any atom is 0.0829 e. The first kappa shape index (κ1) is 9.76. The Morgan fingerprint density at radius 2 is 2.07 bits per heavy atom. The number of rotatable bonds is 2. The van der Waals surface area contributed by atoms with Crippen LogP contribution in [0.1, 0.15) is 17.1 Å². The van der Waals surface area contributed by atoms with Crippen molar-refractivity contribution in [1.29, 1.82) is 0 Å². The van der Waals surface area contributed by atoms with Crippen molar-refractivity contribution in [3.8, 4) is 0 Å². The van der Waals surface area contributed by atoms with Gasteiger partial charge in [-0.3, -0.25) is 9.36 Å². The van der Waals surface area contributed by atoms with E-state index in [0.29, 0.717) is 6.54 Å². The normalized spacial score (nSPS) is 10.9. The molecule has 5 nitrogen and oxygen atoms in total. The molecule has 0 aliphatic heterocycles. The van der Waals surface area contributed by atoms with Gasteiger partial charge in [0, 0.05) is 13.2 Å². The summed E-state index contributed by atoms with van der Waals surface area (Å²) < 4.78 is 3.70. The minimum Gasteiger partial charge on any atom is -0.396 e. The van der Waals surface area contributed by atoms with Gasteiger partial charge in [-0.05, 0) is 19.9 Å². The summed E-state index contributed by atoms with van der Waals surface area (Å²) in [6, 6.07) is 2.05. The van der Waals surface area contributed by atoms with Crippen LogP contribution in [-0.4, -0.2) is 19.6 Å². The third-order valence-corrected chi connectivity index (χ3v) is 2.41. The Morgan fingerprint density at radius 1 is 1.33 bits per heavy atom. The second kappa shape index (κ2) is 3.42. The molecule has 2 aromatic rings. The lowest BCUT2D eigenvalue weighted by molar-refractivity contribution is 0.615. The topological polar surface area (TPSA) is 61.7 Å². The van der Waals surface area contributed by atoms with Gasteiger partial charge in [-0.25, -0.2) is 0 Å². The lowest BCUT2D eigenvalue weighted by Crippen LogP contribution is -2.06. The van der Waals surface area contributed by atoms with Gasteiger partial charge >= 0.3 is 0 Å². The molecule has 0 aliphatic carbocycles. The van der Waals surface area contributed by atoms with E-state index in [9.17, 15) is 0 Å². The van der Waals surface area contributed by atoms with Crippen molar-refractivity contribution in [1.82, 2.24) is 19.6 Å². The van der Waals surface area contributed by atoms with Crippen LogP contribution >= 0.6 is 0 Å². The number of nitrogens with two attached hydrogens (primary N) is 1. The number of aromatic nitrogens is 4. The van der Waals surface area contributed by atoms with Crippen LogP contribution in [0, 0.1) is 13.8 Å². The Labute approximate surface area is 88.5 Å². The van der Waals surface area contributed by atoms with Crippen molar-refractivity contribution >= 4 is 5.69 Å². The predicted octanol–water partition coefficient (Wildman–Crippen LogP) is 0.864. The second-order valence-electron chi connectivity index (χ2n) is 3.77. The number of nitrogen functional groups attached to an aromatic ring is 1. The fraction of sp³-hybridized carbons (Fsp3) is 0.400. The SMILES string of the molecule is Cc1cc(Cn2cc(N)c(C)n2)n(C)n1. The highest BCUT2D eigenvalue weighted by atomic mass is 15.3. The summed E-state index contributed by atoms with van der Waals surface area (Å²) in [6.45, 7) is 4.59. The van der Waals surface area contributed by atoms with E-state index in [0.717, 1.165) is 22.8 Å². The highest BCUT2D eigenvalue weighted by Gasteiger charge is 2.05. The van der Waals surface area contributed by atoms with Crippen LogP contribution in [0.5, 0.6) is 0 Å². The molecule has 0 amide bonds. The van der Waals surface area contributed by atoms with Crippen LogP contribution in [0.3, 0.4) is 0 Å². The van der Waals surface area contributed by atoms with E-state index in [-0.39, 0.29) is 0 Å². The zero-order valence-electron chi connectivity index (χ0n) is 9.23. The van der Waals surface area contributed by atoms with Crippen molar-refractivity contribution in [3.63, 3.8) is 0 Å². The minimum atomic E-state index is 0.704. The number of aryl methyl sites for hydroxylation is 3. The first-order valence-electron chi connectivity index (χ1n) is 4.85. The molecule has 5 heteroatoms. The molecule has 0 radical (unpaired) electrons.